The first-order chi connectivity index (χ1) is 8.29. The molecule has 0 amide bonds. The van der Waals surface area contributed by atoms with E-state index in [2.05, 4.69) is 15.6 Å². The highest BCUT2D eigenvalue weighted by atomic mass is 35.5. The third kappa shape index (κ3) is 8.26. The fraction of sp³-hybridized carbons (Fsp3) is 0.583. The molecule has 9 heteroatoms. The van der Waals surface area contributed by atoms with Crippen molar-refractivity contribution in [1.29, 1.82) is 0 Å². The number of pyridine rings is 1. The number of nitrogens with zero attached hydrogens (tertiary/aromatic N) is 1. The molecule has 1 fully saturated rings. The van der Waals surface area contributed by atoms with Crippen LogP contribution in [0, 0.1) is 5.92 Å². The van der Waals surface area contributed by atoms with Crippen molar-refractivity contribution in [2.24, 2.45) is 11.7 Å². The molecule has 1 aliphatic heterocycles. The lowest BCUT2D eigenvalue weighted by molar-refractivity contribution is 0.426. The summed E-state index contributed by atoms with van der Waals surface area (Å²) in [5.74, 6) is 1.16. The number of halogens is 4. The smallest absolute Gasteiger partial charge is 0.123 e. The van der Waals surface area contributed by atoms with E-state index in [1.165, 1.54) is 0 Å². The average molecular weight is 381 g/mol. The first kappa shape index (κ1) is 25.9. The van der Waals surface area contributed by atoms with E-state index in [9.17, 15) is 0 Å². The Morgan fingerprint density at radius 3 is 2.52 bits per heavy atom. The van der Waals surface area contributed by atoms with Crippen LogP contribution in [-0.2, 0) is 6.42 Å². The molecule has 1 aromatic heterocycles. The molecule has 0 bridgehead atoms. The van der Waals surface area contributed by atoms with Gasteiger partial charge in [0.1, 0.15) is 5.82 Å². The Kier molecular flexibility index (Phi) is 16.8. The molecule has 2 rings (SSSR count). The molecule has 1 aliphatic rings. The van der Waals surface area contributed by atoms with E-state index in [0.717, 1.165) is 31.7 Å². The van der Waals surface area contributed by atoms with Crippen molar-refractivity contribution in [1.82, 2.24) is 15.6 Å². The van der Waals surface area contributed by atoms with E-state index in [4.69, 9.17) is 11.5 Å². The van der Waals surface area contributed by atoms with E-state index in [-0.39, 0.29) is 49.6 Å². The second-order valence-electron chi connectivity index (χ2n) is 4.53. The zero-order valence-corrected chi connectivity index (χ0v) is 14.9. The zero-order chi connectivity index (χ0) is 12.1. The fourth-order valence-corrected chi connectivity index (χ4v) is 2.34. The topological polar surface area (TPSA) is 89.0 Å². The van der Waals surface area contributed by atoms with Gasteiger partial charge in [-0.05, 0) is 31.0 Å². The molecule has 0 saturated carbocycles. The number of nitrogen functional groups attached to an aromatic ring is 1. The maximum absolute atomic E-state index is 5.69. The summed E-state index contributed by atoms with van der Waals surface area (Å²) in [6, 6.07) is 6.30. The van der Waals surface area contributed by atoms with Crippen LogP contribution >= 0.6 is 49.6 Å². The average Bonchev–Trinajstić information content (AvgIpc) is 2.74. The summed E-state index contributed by atoms with van der Waals surface area (Å²) in [5, 5.41) is 6.87. The largest absolute Gasteiger partial charge is 0.384 e. The Labute approximate surface area is 151 Å². The van der Waals surface area contributed by atoms with E-state index in [1.54, 1.807) is 0 Å². The first-order valence-corrected chi connectivity index (χ1v) is 6.15. The molecule has 0 aliphatic carbocycles. The number of aromatic nitrogens is 1. The summed E-state index contributed by atoms with van der Waals surface area (Å²) >= 11 is 0. The van der Waals surface area contributed by atoms with Crippen molar-refractivity contribution in [2.75, 3.05) is 31.9 Å². The molecular formula is C12H25Cl4N5. The van der Waals surface area contributed by atoms with Gasteiger partial charge in [-0.15, -0.1) is 49.6 Å². The van der Waals surface area contributed by atoms with Crippen molar-refractivity contribution in [3.63, 3.8) is 0 Å². The number of rotatable bonds is 5. The molecule has 0 unspecified atom stereocenters. The minimum absolute atomic E-state index is 0. The van der Waals surface area contributed by atoms with Gasteiger partial charge in [-0.25, -0.2) is 4.98 Å². The molecule has 1 aromatic rings. The normalized spacial score (nSPS) is 19.5. The molecule has 6 N–H and O–H groups in total. The van der Waals surface area contributed by atoms with Crippen LogP contribution in [-0.4, -0.2) is 37.2 Å². The zero-order valence-electron chi connectivity index (χ0n) is 11.7. The molecule has 5 nitrogen and oxygen atoms in total. The third-order valence-corrected chi connectivity index (χ3v) is 3.19. The van der Waals surface area contributed by atoms with Crippen LogP contribution in [0.1, 0.15) is 5.69 Å². The van der Waals surface area contributed by atoms with Crippen molar-refractivity contribution >= 4 is 55.4 Å². The van der Waals surface area contributed by atoms with Crippen LogP contribution in [0.5, 0.6) is 0 Å². The van der Waals surface area contributed by atoms with Crippen LogP contribution in [0.3, 0.4) is 0 Å². The number of nitrogens with two attached hydrogens (primary N) is 2. The predicted octanol–water partition coefficient (Wildman–Crippen LogP) is 1.03. The molecule has 126 valence electrons. The third-order valence-electron chi connectivity index (χ3n) is 3.19. The summed E-state index contributed by atoms with van der Waals surface area (Å²) in [5.41, 5.74) is 12.3. The lowest BCUT2D eigenvalue weighted by Crippen LogP contribution is -2.39. The number of nitrogens with one attached hydrogen (secondary N) is 2. The first-order valence-electron chi connectivity index (χ1n) is 6.15. The number of hydrogen-bond donors (Lipinski definition) is 4. The SMILES string of the molecule is Cl.Cl.Cl.Cl.NCCN[C@@H]1CNC[C@@H]1Cc1cccc(N)n1. The van der Waals surface area contributed by atoms with Gasteiger partial charge in [-0.1, -0.05) is 6.07 Å². The van der Waals surface area contributed by atoms with Crippen molar-refractivity contribution in [3.8, 4) is 0 Å². The van der Waals surface area contributed by atoms with Gasteiger partial charge in [-0.3, -0.25) is 0 Å². The van der Waals surface area contributed by atoms with E-state index < -0.39 is 0 Å². The van der Waals surface area contributed by atoms with E-state index in [1.807, 2.05) is 18.2 Å². The van der Waals surface area contributed by atoms with E-state index >= 15 is 0 Å². The number of anilines is 1. The van der Waals surface area contributed by atoms with Gasteiger partial charge < -0.3 is 22.1 Å². The van der Waals surface area contributed by atoms with Gasteiger partial charge >= 0.3 is 0 Å². The van der Waals surface area contributed by atoms with Gasteiger partial charge in [0, 0.05) is 31.4 Å². The predicted molar refractivity (Wildman–Crippen MR) is 98.6 cm³/mol. The highest BCUT2D eigenvalue weighted by Crippen LogP contribution is 2.15. The Bertz CT molecular complexity index is 369. The molecular weight excluding hydrogens is 356 g/mol. The van der Waals surface area contributed by atoms with Gasteiger partial charge in [0.15, 0.2) is 0 Å². The Hall–Kier alpha value is -0.0100. The molecule has 0 spiro atoms. The quantitative estimate of drug-likeness (QED) is 0.612. The second kappa shape index (κ2) is 13.6. The molecule has 21 heavy (non-hydrogen) atoms. The lowest BCUT2D eigenvalue weighted by Gasteiger charge is -2.19. The maximum Gasteiger partial charge on any atom is 0.123 e. The van der Waals surface area contributed by atoms with Gasteiger partial charge in [-0.2, -0.15) is 0 Å². The monoisotopic (exact) mass is 379 g/mol. The summed E-state index contributed by atoms with van der Waals surface area (Å²) in [6.07, 6.45) is 0.959. The van der Waals surface area contributed by atoms with Crippen LogP contribution in [0.2, 0.25) is 0 Å². The molecule has 0 radical (unpaired) electrons. The molecule has 1 saturated heterocycles. The van der Waals surface area contributed by atoms with Crippen molar-refractivity contribution in [2.45, 2.75) is 12.5 Å². The Balaban J connectivity index is -0.000000810. The van der Waals surface area contributed by atoms with Gasteiger partial charge in [0.25, 0.3) is 0 Å². The minimum Gasteiger partial charge on any atom is -0.384 e. The maximum atomic E-state index is 5.69. The van der Waals surface area contributed by atoms with Crippen LogP contribution in [0.25, 0.3) is 0 Å². The minimum atomic E-state index is 0. The van der Waals surface area contributed by atoms with Crippen molar-refractivity contribution < 1.29 is 0 Å². The van der Waals surface area contributed by atoms with Crippen molar-refractivity contribution in [3.05, 3.63) is 23.9 Å². The highest BCUT2D eigenvalue weighted by Gasteiger charge is 2.26. The number of hydrogen-bond acceptors (Lipinski definition) is 5. The Morgan fingerprint density at radius 2 is 1.90 bits per heavy atom. The fourth-order valence-electron chi connectivity index (χ4n) is 2.34. The standard InChI is InChI=1S/C12H21N5.4ClH/c13-4-5-16-11-8-15-7-9(11)6-10-2-1-3-12(14)17-10;;;;/h1-3,9,11,15-16H,4-8,13H2,(H2,14,17);4*1H/t9-,11+;;;;/m0..../s1. The van der Waals surface area contributed by atoms with Crippen LogP contribution < -0.4 is 22.1 Å². The lowest BCUT2D eigenvalue weighted by atomic mass is 9.97. The summed E-state index contributed by atoms with van der Waals surface area (Å²) < 4.78 is 0. The van der Waals surface area contributed by atoms with E-state index in [0.29, 0.717) is 24.3 Å². The van der Waals surface area contributed by atoms with Crippen LogP contribution in [0.15, 0.2) is 18.2 Å². The summed E-state index contributed by atoms with van der Waals surface area (Å²) in [6.45, 7) is 3.58. The molecule has 2 atom stereocenters. The Morgan fingerprint density at radius 1 is 1.19 bits per heavy atom. The summed E-state index contributed by atoms with van der Waals surface area (Å²) in [7, 11) is 0. The second-order valence-corrected chi connectivity index (χ2v) is 4.53. The highest BCUT2D eigenvalue weighted by molar-refractivity contribution is 5.86. The van der Waals surface area contributed by atoms with Gasteiger partial charge in [0.2, 0.25) is 0 Å². The molecule has 2 heterocycles. The van der Waals surface area contributed by atoms with Gasteiger partial charge in [0.05, 0.1) is 0 Å². The molecule has 0 aromatic carbocycles. The summed E-state index contributed by atoms with van der Waals surface area (Å²) in [4.78, 5) is 4.35. The van der Waals surface area contributed by atoms with Crippen LogP contribution in [0.4, 0.5) is 5.82 Å².